The van der Waals surface area contributed by atoms with Crippen LogP contribution in [-0.2, 0) is 0 Å². The zero-order chi connectivity index (χ0) is 10.4. The fourth-order valence-corrected chi connectivity index (χ4v) is 0.803. The Morgan fingerprint density at radius 2 is 2.14 bits per heavy atom. The lowest BCUT2D eigenvalue weighted by Gasteiger charge is -2.02. The number of halogens is 1. The molecule has 0 unspecified atom stereocenters. The Morgan fingerprint density at radius 1 is 1.50 bits per heavy atom. The van der Waals surface area contributed by atoms with Crippen molar-refractivity contribution in [2.75, 3.05) is 13.2 Å². The summed E-state index contributed by atoms with van der Waals surface area (Å²) in [4.78, 5) is 7.52. The Morgan fingerprint density at radius 3 is 2.64 bits per heavy atom. The van der Waals surface area contributed by atoms with Crippen molar-refractivity contribution >= 4 is 16.8 Å². The van der Waals surface area contributed by atoms with Crippen LogP contribution in [0.15, 0.2) is 17.5 Å². The zero-order valence-electron chi connectivity index (χ0n) is 7.09. The first kappa shape index (κ1) is 10.7. The Labute approximate surface area is 84.8 Å². The summed E-state index contributed by atoms with van der Waals surface area (Å²) in [5.74, 6) is 0.510. The fourth-order valence-electron chi connectivity index (χ4n) is 0.705. The van der Waals surface area contributed by atoms with Gasteiger partial charge in [0.25, 0.3) is 0 Å². The van der Waals surface area contributed by atoms with E-state index in [0.717, 1.165) is 0 Å². The average molecular weight is 218 g/mol. The summed E-state index contributed by atoms with van der Waals surface area (Å²) in [7, 11) is 0. The van der Waals surface area contributed by atoms with Crippen molar-refractivity contribution in [1.82, 2.24) is 9.97 Å². The number of aliphatic hydroxyl groups is 1. The van der Waals surface area contributed by atoms with E-state index < -0.39 is 0 Å². The van der Waals surface area contributed by atoms with Gasteiger partial charge in [0.05, 0.1) is 19.0 Å². The Kier molecular flexibility index (Phi) is 4.09. The molecule has 0 aliphatic heterocycles. The molecule has 0 aliphatic carbocycles. The predicted molar refractivity (Wildman–Crippen MR) is 48.8 cm³/mol. The van der Waals surface area contributed by atoms with Crippen LogP contribution in [0.3, 0.4) is 0 Å². The lowest BCUT2D eigenvalue weighted by molar-refractivity contribution is 0.200. The van der Waals surface area contributed by atoms with Crippen LogP contribution in [0.4, 0.5) is 0 Å². The van der Waals surface area contributed by atoms with Gasteiger partial charge in [0, 0.05) is 0 Å². The second-order valence-electron chi connectivity index (χ2n) is 2.21. The van der Waals surface area contributed by atoms with Gasteiger partial charge in [-0.1, -0.05) is 16.8 Å². The molecule has 6 nitrogen and oxygen atoms in total. The van der Waals surface area contributed by atoms with Gasteiger partial charge in [0.2, 0.25) is 5.17 Å². The minimum absolute atomic E-state index is 0.0827. The highest BCUT2D eigenvalue weighted by Crippen LogP contribution is 2.07. The number of rotatable bonds is 4. The monoisotopic (exact) mass is 217 g/mol. The molecule has 14 heavy (non-hydrogen) atoms. The van der Waals surface area contributed by atoms with E-state index in [-0.39, 0.29) is 24.2 Å². The molecule has 0 saturated heterocycles. The standard InChI is InChI=1S/C7H8ClN3O3/c8-6(11-13)7-9-3-5(4-10-7)14-2-1-12/h3-4,12-13H,1-2H2/b11-6+. The number of hydrogen-bond acceptors (Lipinski definition) is 6. The van der Waals surface area contributed by atoms with Gasteiger partial charge in [-0.15, -0.1) is 0 Å². The van der Waals surface area contributed by atoms with Gasteiger partial charge in [0.15, 0.2) is 11.6 Å². The van der Waals surface area contributed by atoms with Crippen molar-refractivity contribution in [2.24, 2.45) is 5.16 Å². The summed E-state index contributed by atoms with van der Waals surface area (Å²) in [6.07, 6.45) is 2.73. The van der Waals surface area contributed by atoms with Crippen molar-refractivity contribution < 1.29 is 15.1 Å². The maximum absolute atomic E-state index is 8.47. The van der Waals surface area contributed by atoms with Crippen LogP contribution >= 0.6 is 11.6 Å². The van der Waals surface area contributed by atoms with Gasteiger partial charge in [-0.05, 0) is 0 Å². The van der Waals surface area contributed by atoms with Crippen molar-refractivity contribution in [2.45, 2.75) is 0 Å². The molecule has 1 heterocycles. The normalized spacial score (nSPS) is 11.4. The molecule has 0 aliphatic rings. The van der Waals surface area contributed by atoms with E-state index in [1.807, 2.05) is 0 Å². The van der Waals surface area contributed by atoms with E-state index in [9.17, 15) is 0 Å². The van der Waals surface area contributed by atoms with Crippen LogP contribution in [0.2, 0.25) is 0 Å². The van der Waals surface area contributed by atoms with Gasteiger partial charge in [-0.25, -0.2) is 9.97 Å². The molecule has 0 saturated carbocycles. The fraction of sp³-hybridized carbons (Fsp3) is 0.286. The van der Waals surface area contributed by atoms with E-state index in [0.29, 0.717) is 5.75 Å². The van der Waals surface area contributed by atoms with E-state index >= 15 is 0 Å². The first-order chi connectivity index (χ1) is 6.77. The second-order valence-corrected chi connectivity index (χ2v) is 2.56. The topological polar surface area (TPSA) is 87.8 Å². The molecular formula is C7H8ClN3O3. The van der Waals surface area contributed by atoms with E-state index in [1.54, 1.807) is 0 Å². The van der Waals surface area contributed by atoms with Gasteiger partial charge in [0.1, 0.15) is 6.61 Å². The summed E-state index contributed by atoms with van der Waals surface area (Å²) in [5.41, 5.74) is 0. The first-order valence-corrected chi connectivity index (χ1v) is 4.09. The molecule has 0 aromatic carbocycles. The van der Waals surface area contributed by atoms with E-state index in [1.165, 1.54) is 12.4 Å². The molecule has 1 aromatic heterocycles. The highest BCUT2D eigenvalue weighted by atomic mass is 35.5. The smallest absolute Gasteiger partial charge is 0.212 e. The van der Waals surface area contributed by atoms with Gasteiger partial charge < -0.3 is 15.1 Å². The lowest BCUT2D eigenvalue weighted by atomic mass is 10.5. The van der Waals surface area contributed by atoms with Crippen LogP contribution < -0.4 is 4.74 Å². The SMILES string of the molecule is OCCOc1cnc(/C(Cl)=N\O)nc1. The number of nitrogens with zero attached hydrogens (tertiary/aromatic N) is 3. The molecule has 0 atom stereocenters. The maximum Gasteiger partial charge on any atom is 0.212 e. The molecule has 2 N–H and O–H groups in total. The van der Waals surface area contributed by atoms with E-state index in [2.05, 4.69) is 15.1 Å². The quantitative estimate of drug-likeness (QED) is 0.428. The van der Waals surface area contributed by atoms with Crippen molar-refractivity contribution in [3.8, 4) is 5.75 Å². The van der Waals surface area contributed by atoms with Gasteiger partial charge in [-0.3, -0.25) is 0 Å². The van der Waals surface area contributed by atoms with Crippen molar-refractivity contribution in [3.63, 3.8) is 0 Å². The molecular weight excluding hydrogens is 210 g/mol. The molecule has 0 fully saturated rings. The molecule has 0 bridgehead atoms. The van der Waals surface area contributed by atoms with Crippen molar-refractivity contribution in [3.05, 3.63) is 18.2 Å². The van der Waals surface area contributed by atoms with Gasteiger partial charge >= 0.3 is 0 Å². The van der Waals surface area contributed by atoms with Crippen LogP contribution in [0.5, 0.6) is 5.75 Å². The Balaban J connectivity index is 2.68. The Hall–Kier alpha value is -1.40. The van der Waals surface area contributed by atoms with E-state index in [4.69, 9.17) is 26.7 Å². The van der Waals surface area contributed by atoms with Crippen LogP contribution in [0.25, 0.3) is 0 Å². The van der Waals surface area contributed by atoms with Crippen LogP contribution in [-0.4, -0.2) is 38.7 Å². The predicted octanol–water partition coefficient (Wildman–Crippen LogP) is 0.222. The summed E-state index contributed by atoms with van der Waals surface area (Å²) >= 11 is 5.44. The molecule has 0 spiro atoms. The Bertz CT molecular complexity index is 314. The molecule has 76 valence electrons. The number of aliphatic hydroxyl groups excluding tert-OH is 1. The summed E-state index contributed by atoms with van der Waals surface area (Å²) in [6.45, 7) is 0.0884. The first-order valence-electron chi connectivity index (χ1n) is 3.71. The number of aromatic nitrogens is 2. The number of hydrogen-bond donors (Lipinski definition) is 2. The van der Waals surface area contributed by atoms with Crippen LogP contribution in [0.1, 0.15) is 5.82 Å². The number of oxime groups is 1. The molecule has 0 amide bonds. The maximum atomic E-state index is 8.47. The highest BCUT2D eigenvalue weighted by molar-refractivity contribution is 6.68. The third kappa shape index (κ3) is 2.82. The summed E-state index contributed by atoms with van der Waals surface area (Å²) < 4.78 is 5.00. The highest BCUT2D eigenvalue weighted by Gasteiger charge is 2.03. The summed E-state index contributed by atoms with van der Waals surface area (Å²) in [5, 5.41) is 19.3. The van der Waals surface area contributed by atoms with Crippen molar-refractivity contribution in [1.29, 1.82) is 0 Å². The van der Waals surface area contributed by atoms with Gasteiger partial charge in [-0.2, -0.15) is 0 Å². The minimum atomic E-state index is -0.196. The third-order valence-electron chi connectivity index (χ3n) is 1.26. The lowest BCUT2D eigenvalue weighted by Crippen LogP contribution is -2.04. The molecule has 1 rings (SSSR count). The number of ether oxygens (including phenoxy) is 1. The average Bonchev–Trinajstić information content (AvgIpc) is 2.26. The zero-order valence-corrected chi connectivity index (χ0v) is 7.85. The molecule has 0 radical (unpaired) electrons. The molecule has 7 heteroatoms. The second kappa shape index (κ2) is 5.36. The minimum Gasteiger partial charge on any atom is -0.488 e. The van der Waals surface area contributed by atoms with Crippen LogP contribution in [0, 0.1) is 0 Å². The summed E-state index contributed by atoms with van der Waals surface area (Å²) in [6, 6.07) is 0. The molecule has 1 aromatic rings. The third-order valence-corrected chi connectivity index (χ3v) is 1.51. The largest absolute Gasteiger partial charge is 0.488 e.